The second kappa shape index (κ2) is 5.78. The summed E-state index contributed by atoms with van der Waals surface area (Å²) in [6.07, 6.45) is 0.279. The maximum Gasteiger partial charge on any atom is 0.260 e. The summed E-state index contributed by atoms with van der Waals surface area (Å²) in [6, 6.07) is -0.463. The molecule has 110 valence electrons. The second-order valence-corrected chi connectivity index (χ2v) is 5.13. The van der Waals surface area contributed by atoms with Crippen LogP contribution < -0.4 is 5.32 Å². The maximum absolute atomic E-state index is 13.8. The summed E-state index contributed by atoms with van der Waals surface area (Å²) in [6.45, 7) is 3.63. The fraction of sp³-hybridized carbons (Fsp3) is 0.538. The highest BCUT2D eigenvalue weighted by molar-refractivity contribution is 5.94. The molecule has 1 saturated heterocycles. The number of amides is 1. The molecule has 0 radical (unpaired) electrons. The lowest BCUT2D eigenvalue weighted by atomic mass is 10.2. The van der Waals surface area contributed by atoms with E-state index in [0.717, 1.165) is 17.3 Å². The number of nitrogens with zero attached hydrogens (tertiary/aromatic N) is 2. The van der Waals surface area contributed by atoms with Gasteiger partial charge in [-0.15, -0.1) is 0 Å². The van der Waals surface area contributed by atoms with Gasteiger partial charge in [0.1, 0.15) is 11.7 Å². The number of rotatable bonds is 3. The van der Waals surface area contributed by atoms with Crippen LogP contribution in [0.25, 0.3) is 0 Å². The monoisotopic (exact) mass is 287 g/mol. The van der Waals surface area contributed by atoms with Crippen LogP contribution in [0.2, 0.25) is 0 Å². The minimum atomic E-state index is -1.26. The molecule has 0 aliphatic carbocycles. The lowest BCUT2D eigenvalue weighted by Crippen LogP contribution is -2.41. The van der Waals surface area contributed by atoms with Crippen molar-refractivity contribution in [3.05, 3.63) is 29.6 Å². The molecule has 20 heavy (non-hydrogen) atoms. The SMILES string of the molecule is CC(C)N[C@@H]1CN(C(=O)c2c(F)cncc2F)C[C@@H]1F. The van der Waals surface area contributed by atoms with Gasteiger partial charge in [0, 0.05) is 12.6 Å². The molecule has 2 atom stereocenters. The van der Waals surface area contributed by atoms with Gasteiger partial charge in [-0.3, -0.25) is 9.78 Å². The van der Waals surface area contributed by atoms with Gasteiger partial charge in [-0.2, -0.15) is 0 Å². The van der Waals surface area contributed by atoms with Gasteiger partial charge in [0.2, 0.25) is 0 Å². The van der Waals surface area contributed by atoms with Crippen molar-refractivity contribution in [2.75, 3.05) is 13.1 Å². The number of aromatic nitrogens is 1. The first-order valence-corrected chi connectivity index (χ1v) is 6.38. The number of carbonyl (C=O) groups excluding carboxylic acids is 1. The van der Waals surface area contributed by atoms with Crippen molar-refractivity contribution in [3.63, 3.8) is 0 Å². The van der Waals surface area contributed by atoms with Crippen LogP contribution in [-0.2, 0) is 0 Å². The predicted octanol–water partition coefficient (Wildman–Crippen LogP) is 1.52. The molecular weight excluding hydrogens is 271 g/mol. The second-order valence-electron chi connectivity index (χ2n) is 5.13. The summed E-state index contributed by atoms with van der Waals surface area (Å²) >= 11 is 0. The normalized spacial score (nSPS) is 22.6. The lowest BCUT2D eigenvalue weighted by molar-refractivity contribution is 0.0771. The van der Waals surface area contributed by atoms with Gasteiger partial charge in [-0.1, -0.05) is 13.8 Å². The van der Waals surface area contributed by atoms with Gasteiger partial charge in [0.05, 0.1) is 25.0 Å². The van der Waals surface area contributed by atoms with Crippen molar-refractivity contribution in [2.24, 2.45) is 0 Å². The lowest BCUT2D eigenvalue weighted by Gasteiger charge is -2.18. The van der Waals surface area contributed by atoms with Crippen LogP contribution in [-0.4, -0.2) is 47.1 Å². The van der Waals surface area contributed by atoms with Crippen LogP contribution in [0.1, 0.15) is 24.2 Å². The number of nitrogens with one attached hydrogen (secondary N) is 1. The molecule has 1 N–H and O–H groups in total. The van der Waals surface area contributed by atoms with Gasteiger partial charge in [0.15, 0.2) is 11.6 Å². The summed E-state index contributed by atoms with van der Waals surface area (Å²) in [7, 11) is 0. The molecular formula is C13H16F3N3O. The molecule has 0 aromatic carbocycles. The smallest absolute Gasteiger partial charge is 0.260 e. The molecule has 1 aliphatic rings. The highest BCUT2D eigenvalue weighted by Gasteiger charge is 2.37. The maximum atomic E-state index is 13.8. The highest BCUT2D eigenvalue weighted by Crippen LogP contribution is 2.20. The van der Waals surface area contributed by atoms with Crippen molar-refractivity contribution < 1.29 is 18.0 Å². The Morgan fingerprint density at radius 3 is 2.50 bits per heavy atom. The summed E-state index contributed by atoms with van der Waals surface area (Å²) in [5, 5.41) is 2.99. The van der Waals surface area contributed by atoms with Crippen LogP contribution in [0.4, 0.5) is 13.2 Å². The first kappa shape index (κ1) is 14.8. The topological polar surface area (TPSA) is 45.2 Å². The van der Waals surface area contributed by atoms with E-state index < -0.39 is 35.3 Å². The molecule has 2 heterocycles. The Hall–Kier alpha value is -1.63. The number of likely N-dealkylation sites (tertiary alicyclic amines) is 1. The van der Waals surface area contributed by atoms with Crippen molar-refractivity contribution >= 4 is 5.91 Å². The van der Waals surface area contributed by atoms with E-state index in [0.29, 0.717) is 0 Å². The summed E-state index contributed by atoms with van der Waals surface area (Å²) in [5.41, 5.74) is -0.683. The number of hydrogen-bond donors (Lipinski definition) is 1. The van der Waals surface area contributed by atoms with Crippen molar-refractivity contribution in [3.8, 4) is 0 Å². The van der Waals surface area contributed by atoms with Crippen LogP contribution >= 0.6 is 0 Å². The molecule has 7 heteroatoms. The Kier molecular flexibility index (Phi) is 4.27. The molecule has 0 saturated carbocycles. The molecule has 2 rings (SSSR count). The average molecular weight is 287 g/mol. The molecule has 1 aliphatic heterocycles. The van der Waals surface area contributed by atoms with Crippen LogP contribution in [0.5, 0.6) is 0 Å². The van der Waals surface area contributed by atoms with E-state index in [1.165, 1.54) is 0 Å². The zero-order valence-electron chi connectivity index (χ0n) is 11.2. The van der Waals surface area contributed by atoms with Crippen molar-refractivity contribution in [1.82, 2.24) is 15.2 Å². The fourth-order valence-corrected chi connectivity index (χ4v) is 2.29. The summed E-state index contributed by atoms with van der Waals surface area (Å²) in [4.78, 5) is 16.5. The first-order chi connectivity index (χ1) is 9.40. The molecule has 1 amide bonds. The minimum Gasteiger partial charge on any atom is -0.334 e. The van der Waals surface area contributed by atoms with Gasteiger partial charge < -0.3 is 10.2 Å². The third kappa shape index (κ3) is 2.92. The Labute approximate surface area is 115 Å². The van der Waals surface area contributed by atoms with Gasteiger partial charge >= 0.3 is 0 Å². The van der Waals surface area contributed by atoms with Crippen molar-refractivity contribution in [1.29, 1.82) is 0 Å². The molecule has 1 fully saturated rings. The van der Waals surface area contributed by atoms with E-state index in [1.807, 2.05) is 13.8 Å². The molecule has 0 spiro atoms. The molecule has 1 aromatic rings. The molecule has 4 nitrogen and oxygen atoms in total. The van der Waals surface area contributed by atoms with E-state index in [4.69, 9.17) is 0 Å². The standard InChI is InChI=1S/C13H16F3N3O/c1-7(2)18-11-6-19(5-10(11)16)13(20)12-8(14)3-17-4-9(12)15/h3-4,7,10-11,18H,5-6H2,1-2H3/t10-,11+/m0/s1. The Balaban J connectivity index is 2.15. The largest absolute Gasteiger partial charge is 0.334 e. The zero-order valence-corrected chi connectivity index (χ0v) is 11.2. The summed E-state index contributed by atoms with van der Waals surface area (Å²) in [5.74, 6) is -2.92. The van der Waals surface area contributed by atoms with E-state index in [-0.39, 0.29) is 19.1 Å². The summed E-state index contributed by atoms with van der Waals surface area (Å²) < 4.78 is 40.8. The van der Waals surface area contributed by atoms with E-state index >= 15 is 0 Å². The molecule has 0 unspecified atom stereocenters. The third-order valence-electron chi connectivity index (χ3n) is 3.15. The predicted molar refractivity (Wildman–Crippen MR) is 67.0 cm³/mol. The third-order valence-corrected chi connectivity index (χ3v) is 3.15. The van der Waals surface area contributed by atoms with Gasteiger partial charge in [0.25, 0.3) is 5.91 Å². The fourth-order valence-electron chi connectivity index (χ4n) is 2.29. The quantitative estimate of drug-likeness (QED) is 0.917. The Bertz CT molecular complexity index is 489. The Morgan fingerprint density at radius 2 is 1.95 bits per heavy atom. The van der Waals surface area contributed by atoms with Gasteiger partial charge in [-0.05, 0) is 0 Å². The minimum absolute atomic E-state index is 0.0581. The van der Waals surface area contributed by atoms with E-state index in [2.05, 4.69) is 10.3 Å². The van der Waals surface area contributed by atoms with E-state index in [1.54, 1.807) is 0 Å². The van der Waals surface area contributed by atoms with E-state index in [9.17, 15) is 18.0 Å². The van der Waals surface area contributed by atoms with Crippen molar-refractivity contribution in [2.45, 2.75) is 32.1 Å². The number of alkyl halides is 1. The molecule has 1 aromatic heterocycles. The Morgan fingerprint density at radius 1 is 1.35 bits per heavy atom. The number of pyridine rings is 1. The van der Waals surface area contributed by atoms with Crippen LogP contribution in [0.15, 0.2) is 12.4 Å². The van der Waals surface area contributed by atoms with Gasteiger partial charge in [-0.25, -0.2) is 13.2 Å². The average Bonchev–Trinajstić information content (AvgIpc) is 2.70. The zero-order chi connectivity index (χ0) is 14.9. The first-order valence-electron chi connectivity index (χ1n) is 6.38. The van der Waals surface area contributed by atoms with Crippen LogP contribution in [0.3, 0.4) is 0 Å². The number of hydrogen-bond acceptors (Lipinski definition) is 3. The van der Waals surface area contributed by atoms with Crippen LogP contribution in [0, 0.1) is 11.6 Å². The highest BCUT2D eigenvalue weighted by atomic mass is 19.1. The number of halogens is 3. The molecule has 0 bridgehead atoms. The number of carbonyl (C=O) groups is 1.